The van der Waals surface area contributed by atoms with Crippen molar-refractivity contribution >= 4 is 46.9 Å². The summed E-state index contributed by atoms with van der Waals surface area (Å²) in [6.45, 7) is 0. The van der Waals surface area contributed by atoms with E-state index >= 15 is 0 Å². The van der Waals surface area contributed by atoms with Crippen LogP contribution in [0.25, 0.3) is 0 Å². The number of nitrogens with two attached hydrogens (primary N) is 1. The van der Waals surface area contributed by atoms with E-state index in [9.17, 15) is 0 Å². The molecule has 2 aromatic heterocycles. The summed E-state index contributed by atoms with van der Waals surface area (Å²) < 4.78 is 0. The zero-order chi connectivity index (χ0) is 10.8. The van der Waals surface area contributed by atoms with Crippen LogP contribution in [-0.2, 0) is 0 Å². The molecule has 86 valence electrons. The third-order valence-corrected chi connectivity index (χ3v) is 3.61. The lowest BCUT2D eigenvalue weighted by Crippen LogP contribution is -2.11. The molecule has 0 saturated heterocycles. The number of rotatable bonds is 2. The normalized spacial score (nSPS) is 11.9. The molecule has 0 amide bonds. The molecule has 0 fully saturated rings. The third kappa shape index (κ3) is 2.67. The molecule has 0 bridgehead atoms. The van der Waals surface area contributed by atoms with Gasteiger partial charge in [0, 0.05) is 22.8 Å². The molecule has 16 heavy (non-hydrogen) atoms. The number of hydrogen-bond acceptors (Lipinski definition) is 3. The Morgan fingerprint density at radius 1 is 1.25 bits per heavy atom. The Morgan fingerprint density at radius 2 is 1.88 bits per heavy atom. The van der Waals surface area contributed by atoms with Gasteiger partial charge in [-0.2, -0.15) is 0 Å². The Hall–Kier alpha value is -0.320. The molecule has 2 rings (SSSR count). The number of aromatic nitrogens is 1. The van der Waals surface area contributed by atoms with E-state index in [0.29, 0.717) is 10.0 Å². The van der Waals surface area contributed by atoms with Gasteiger partial charge in [-0.3, -0.25) is 4.98 Å². The minimum atomic E-state index is -0.284. The Kier molecular flexibility index (Phi) is 5.02. The number of hydrogen-bond donors (Lipinski definition) is 1. The Balaban J connectivity index is 0.00000128. The highest BCUT2D eigenvalue weighted by Gasteiger charge is 2.16. The SMILES string of the molecule is Cl.N[C@H](c1cccs1)c1c(Cl)cncc1Cl. The van der Waals surface area contributed by atoms with Crippen molar-refractivity contribution in [2.45, 2.75) is 6.04 Å². The summed E-state index contributed by atoms with van der Waals surface area (Å²) in [4.78, 5) is 4.92. The summed E-state index contributed by atoms with van der Waals surface area (Å²) in [5.74, 6) is 0. The fourth-order valence-corrected chi connectivity index (χ4v) is 2.66. The molecular formula is C10H9Cl3N2S. The minimum Gasteiger partial charge on any atom is -0.320 e. The first-order chi connectivity index (χ1) is 7.20. The van der Waals surface area contributed by atoms with E-state index in [2.05, 4.69) is 4.98 Å². The van der Waals surface area contributed by atoms with Crippen LogP contribution < -0.4 is 5.73 Å². The zero-order valence-corrected chi connectivity index (χ0v) is 11.2. The molecule has 0 saturated carbocycles. The molecule has 2 nitrogen and oxygen atoms in total. The summed E-state index contributed by atoms with van der Waals surface area (Å²) >= 11 is 13.6. The first-order valence-electron chi connectivity index (χ1n) is 4.28. The number of nitrogens with zero attached hydrogens (tertiary/aromatic N) is 1. The highest BCUT2D eigenvalue weighted by Crippen LogP contribution is 2.33. The Bertz CT molecular complexity index is 439. The first kappa shape index (κ1) is 13.7. The number of thiophene rings is 1. The van der Waals surface area contributed by atoms with Crippen molar-refractivity contribution < 1.29 is 0 Å². The zero-order valence-electron chi connectivity index (χ0n) is 8.06. The van der Waals surface area contributed by atoms with Crippen LogP contribution in [0, 0.1) is 0 Å². The van der Waals surface area contributed by atoms with Crippen molar-refractivity contribution in [1.29, 1.82) is 0 Å². The molecule has 0 aromatic carbocycles. The van der Waals surface area contributed by atoms with E-state index < -0.39 is 0 Å². The van der Waals surface area contributed by atoms with E-state index in [1.54, 1.807) is 23.7 Å². The number of halogens is 3. The van der Waals surface area contributed by atoms with Crippen molar-refractivity contribution in [3.63, 3.8) is 0 Å². The van der Waals surface area contributed by atoms with Crippen molar-refractivity contribution in [3.8, 4) is 0 Å². The monoisotopic (exact) mass is 294 g/mol. The van der Waals surface area contributed by atoms with Gasteiger partial charge < -0.3 is 5.73 Å². The molecular weight excluding hydrogens is 287 g/mol. The van der Waals surface area contributed by atoms with Gasteiger partial charge in [0.1, 0.15) is 0 Å². The summed E-state index contributed by atoms with van der Waals surface area (Å²) in [5, 5.41) is 2.98. The van der Waals surface area contributed by atoms with Crippen LogP contribution in [0.2, 0.25) is 10.0 Å². The number of pyridine rings is 1. The fourth-order valence-electron chi connectivity index (χ4n) is 1.33. The van der Waals surface area contributed by atoms with Crippen molar-refractivity contribution in [1.82, 2.24) is 4.98 Å². The average Bonchev–Trinajstić information content (AvgIpc) is 2.69. The molecule has 2 aromatic rings. The molecule has 0 aliphatic rings. The van der Waals surface area contributed by atoms with Crippen LogP contribution in [0.4, 0.5) is 0 Å². The van der Waals surface area contributed by atoms with Crippen molar-refractivity contribution in [2.24, 2.45) is 5.73 Å². The van der Waals surface area contributed by atoms with Crippen molar-refractivity contribution in [2.75, 3.05) is 0 Å². The molecule has 0 radical (unpaired) electrons. The van der Waals surface area contributed by atoms with Crippen LogP contribution >= 0.6 is 46.9 Å². The van der Waals surface area contributed by atoms with E-state index in [1.807, 2.05) is 17.5 Å². The standard InChI is InChI=1S/C10H8Cl2N2S.ClH/c11-6-4-14-5-7(12)9(6)10(13)8-2-1-3-15-8;/h1-5,10H,13H2;1H/t10-;/m1./s1. The molecule has 0 unspecified atom stereocenters. The quantitative estimate of drug-likeness (QED) is 0.912. The van der Waals surface area contributed by atoms with Crippen molar-refractivity contribution in [3.05, 3.63) is 50.4 Å². The van der Waals surface area contributed by atoms with Crippen LogP contribution in [-0.4, -0.2) is 4.98 Å². The second kappa shape index (κ2) is 5.84. The predicted molar refractivity (Wildman–Crippen MR) is 71.9 cm³/mol. The fraction of sp³-hybridized carbons (Fsp3) is 0.100. The Labute approximate surface area is 114 Å². The van der Waals surface area contributed by atoms with E-state index in [1.165, 1.54) is 0 Å². The summed E-state index contributed by atoms with van der Waals surface area (Å²) in [6.07, 6.45) is 3.10. The molecule has 0 aliphatic carbocycles. The third-order valence-electron chi connectivity index (χ3n) is 2.05. The van der Waals surface area contributed by atoms with Gasteiger partial charge in [-0.25, -0.2) is 0 Å². The van der Waals surface area contributed by atoms with Gasteiger partial charge >= 0.3 is 0 Å². The second-order valence-electron chi connectivity index (χ2n) is 3.01. The highest BCUT2D eigenvalue weighted by atomic mass is 35.5. The molecule has 0 aliphatic heterocycles. The maximum absolute atomic E-state index is 6.08. The lowest BCUT2D eigenvalue weighted by Gasteiger charge is -2.13. The lowest BCUT2D eigenvalue weighted by atomic mass is 10.1. The molecule has 6 heteroatoms. The highest BCUT2D eigenvalue weighted by molar-refractivity contribution is 7.10. The van der Waals surface area contributed by atoms with Gasteiger partial charge in [0.05, 0.1) is 16.1 Å². The molecule has 0 spiro atoms. The van der Waals surface area contributed by atoms with Gasteiger partial charge in [0.2, 0.25) is 0 Å². The summed E-state index contributed by atoms with van der Waals surface area (Å²) in [5.41, 5.74) is 6.81. The first-order valence-corrected chi connectivity index (χ1v) is 5.91. The Morgan fingerprint density at radius 3 is 2.38 bits per heavy atom. The smallest absolute Gasteiger partial charge is 0.0676 e. The largest absolute Gasteiger partial charge is 0.320 e. The summed E-state index contributed by atoms with van der Waals surface area (Å²) in [6, 6.07) is 3.62. The molecule has 2 N–H and O–H groups in total. The minimum absolute atomic E-state index is 0. The lowest BCUT2D eigenvalue weighted by molar-refractivity contribution is 0.890. The van der Waals surface area contributed by atoms with Gasteiger partial charge in [-0.05, 0) is 11.4 Å². The van der Waals surface area contributed by atoms with Crippen LogP contribution in [0.5, 0.6) is 0 Å². The van der Waals surface area contributed by atoms with Crippen LogP contribution in [0.15, 0.2) is 29.9 Å². The molecule has 2 heterocycles. The van der Waals surface area contributed by atoms with E-state index in [4.69, 9.17) is 28.9 Å². The molecule has 1 atom stereocenters. The van der Waals surface area contributed by atoms with E-state index in [-0.39, 0.29) is 18.4 Å². The maximum atomic E-state index is 6.08. The van der Waals surface area contributed by atoms with Gasteiger partial charge in [-0.15, -0.1) is 23.7 Å². The van der Waals surface area contributed by atoms with Gasteiger partial charge in [-0.1, -0.05) is 29.3 Å². The van der Waals surface area contributed by atoms with Crippen LogP contribution in [0.1, 0.15) is 16.5 Å². The average molecular weight is 296 g/mol. The topological polar surface area (TPSA) is 38.9 Å². The summed E-state index contributed by atoms with van der Waals surface area (Å²) in [7, 11) is 0. The van der Waals surface area contributed by atoms with E-state index in [0.717, 1.165) is 10.4 Å². The van der Waals surface area contributed by atoms with Gasteiger partial charge in [0.25, 0.3) is 0 Å². The van der Waals surface area contributed by atoms with Gasteiger partial charge in [0.15, 0.2) is 0 Å². The maximum Gasteiger partial charge on any atom is 0.0676 e. The second-order valence-corrected chi connectivity index (χ2v) is 4.80. The van der Waals surface area contributed by atoms with Crippen LogP contribution in [0.3, 0.4) is 0 Å². The predicted octanol–water partition coefficient (Wildman–Crippen LogP) is 3.92.